The smallest absolute Gasteiger partial charge is 0.248 e. The van der Waals surface area contributed by atoms with Crippen LogP contribution in [0.2, 0.25) is 15.2 Å². The third-order valence-corrected chi connectivity index (χ3v) is 2.64. The van der Waals surface area contributed by atoms with E-state index in [-0.39, 0.29) is 27.6 Å². The zero-order valence-corrected chi connectivity index (χ0v) is 10.1. The van der Waals surface area contributed by atoms with Gasteiger partial charge in [0.2, 0.25) is 5.91 Å². The number of primary amides is 1. The maximum absolute atomic E-state index is 10.6. The molecule has 1 aromatic rings. The first-order valence-corrected chi connectivity index (χ1v) is 5.28. The Balaban J connectivity index is 2.74. The number of aliphatic hydroxyl groups excluding tert-OH is 1. The largest absolute Gasteiger partial charge is 0.381 e. The number of hydrogen-bond donors (Lipinski definition) is 3. The molecule has 1 unspecified atom stereocenters. The van der Waals surface area contributed by atoms with Gasteiger partial charge in [0.05, 0.1) is 16.6 Å². The monoisotopic (exact) mass is 283 g/mol. The minimum Gasteiger partial charge on any atom is -0.381 e. The molecule has 16 heavy (non-hydrogen) atoms. The quantitative estimate of drug-likeness (QED) is 0.727. The van der Waals surface area contributed by atoms with Crippen LogP contribution in [0.4, 0.5) is 5.82 Å². The second-order valence-electron chi connectivity index (χ2n) is 2.89. The molecule has 1 atom stereocenters. The number of amides is 1. The number of anilines is 1. The van der Waals surface area contributed by atoms with Crippen molar-refractivity contribution < 1.29 is 9.90 Å². The normalized spacial score (nSPS) is 12.2. The summed E-state index contributed by atoms with van der Waals surface area (Å²) >= 11 is 17.1. The highest BCUT2D eigenvalue weighted by Crippen LogP contribution is 2.28. The van der Waals surface area contributed by atoms with Gasteiger partial charge in [0.15, 0.2) is 0 Å². The zero-order valence-electron chi connectivity index (χ0n) is 7.88. The summed E-state index contributed by atoms with van der Waals surface area (Å²) in [6, 6.07) is 1.40. The number of pyridine rings is 1. The van der Waals surface area contributed by atoms with Gasteiger partial charge in [-0.1, -0.05) is 34.8 Å². The van der Waals surface area contributed by atoms with Crippen molar-refractivity contribution in [2.24, 2.45) is 5.73 Å². The maximum Gasteiger partial charge on any atom is 0.248 e. The average molecular weight is 285 g/mol. The fourth-order valence-corrected chi connectivity index (χ4v) is 1.43. The molecule has 1 amide bonds. The molecule has 0 radical (unpaired) electrons. The van der Waals surface area contributed by atoms with Crippen LogP contribution >= 0.6 is 34.8 Å². The molecule has 1 rings (SSSR count). The molecule has 4 N–H and O–H groups in total. The van der Waals surface area contributed by atoms with Crippen molar-refractivity contribution in [1.82, 2.24) is 4.98 Å². The minimum absolute atomic E-state index is 0.0714. The molecule has 88 valence electrons. The van der Waals surface area contributed by atoms with Crippen LogP contribution < -0.4 is 11.1 Å². The summed E-state index contributed by atoms with van der Waals surface area (Å²) in [7, 11) is 0. The van der Waals surface area contributed by atoms with E-state index < -0.39 is 12.0 Å². The Morgan fingerprint density at radius 3 is 2.69 bits per heavy atom. The standard InChI is InChI=1S/C8H8Cl3N3O2/c9-3-1-4(10)8(14-6(3)11)13-2-5(15)7(12)16/h1,5,15H,2H2,(H2,12,16)(H,13,14). The average Bonchev–Trinajstić information content (AvgIpc) is 2.20. The van der Waals surface area contributed by atoms with Gasteiger partial charge >= 0.3 is 0 Å². The van der Waals surface area contributed by atoms with E-state index in [4.69, 9.17) is 45.6 Å². The number of rotatable bonds is 4. The van der Waals surface area contributed by atoms with Gasteiger partial charge in [-0.25, -0.2) is 4.98 Å². The number of carbonyl (C=O) groups excluding carboxylic acids is 1. The number of hydrogen-bond acceptors (Lipinski definition) is 4. The highest BCUT2D eigenvalue weighted by Gasteiger charge is 2.13. The number of halogens is 3. The van der Waals surface area contributed by atoms with E-state index in [0.717, 1.165) is 0 Å². The lowest BCUT2D eigenvalue weighted by molar-refractivity contribution is -0.125. The fraction of sp³-hybridized carbons (Fsp3) is 0.250. The van der Waals surface area contributed by atoms with E-state index in [0.29, 0.717) is 0 Å². The Labute approximate surface area is 107 Å². The number of nitrogens with zero attached hydrogens (tertiary/aromatic N) is 1. The summed E-state index contributed by atoms with van der Waals surface area (Å²) in [4.78, 5) is 14.4. The number of nitrogens with one attached hydrogen (secondary N) is 1. The van der Waals surface area contributed by atoms with Crippen molar-refractivity contribution in [2.75, 3.05) is 11.9 Å². The predicted molar refractivity (Wildman–Crippen MR) is 63.0 cm³/mol. The highest BCUT2D eigenvalue weighted by molar-refractivity contribution is 6.42. The molecule has 0 aliphatic rings. The van der Waals surface area contributed by atoms with Gasteiger partial charge in [0.1, 0.15) is 17.1 Å². The first kappa shape index (κ1) is 13.3. The van der Waals surface area contributed by atoms with Crippen LogP contribution in [0.5, 0.6) is 0 Å². The van der Waals surface area contributed by atoms with E-state index in [1.807, 2.05) is 0 Å². The molecule has 0 saturated heterocycles. The number of aromatic nitrogens is 1. The number of aliphatic hydroxyl groups is 1. The molecule has 0 bridgehead atoms. The van der Waals surface area contributed by atoms with E-state index in [2.05, 4.69) is 10.3 Å². The lowest BCUT2D eigenvalue weighted by atomic mass is 10.3. The lowest BCUT2D eigenvalue weighted by Crippen LogP contribution is -2.34. The topological polar surface area (TPSA) is 88.2 Å². The summed E-state index contributed by atoms with van der Waals surface area (Å²) < 4.78 is 0. The molecule has 0 spiro atoms. The van der Waals surface area contributed by atoms with Crippen LogP contribution in [0, 0.1) is 0 Å². The molecular formula is C8H8Cl3N3O2. The Bertz CT molecular complexity index is 414. The molecule has 1 heterocycles. The van der Waals surface area contributed by atoms with Crippen molar-refractivity contribution in [3.05, 3.63) is 21.3 Å². The van der Waals surface area contributed by atoms with Crippen LogP contribution in [0.1, 0.15) is 0 Å². The molecule has 0 aliphatic heterocycles. The maximum atomic E-state index is 10.6. The summed E-state index contributed by atoms with van der Waals surface area (Å²) in [6.45, 7) is -0.111. The molecule has 1 aromatic heterocycles. The minimum atomic E-state index is -1.33. The van der Waals surface area contributed by atoms with Gasteiger partial charge in [-0.3, -0.25) is 4.79 Å². The molecule has 0 saturated carbocycles. The summed E-state index contributed by atoms with van der Waals surface area (Å²) in [5.74, 6) is -0.625. The van der Waals surface area contributed by atoms with Gasteiger partial charge in [-0.05, 0) is 6.07 Å². The van der Waals surface area contributed by atoms with E-state index in [9.17, 15) is 4.79 Å². The van der Waals surface area contributed by atoms with E-state index >= 15 is 0 Å². The highest BCUT2D eigenvalue weighted by atomic mass is 35.5. The van der Waals surface area contributed by atoms with Crippen molar-refractivity contribution in [3.63, 3.8) is 0 Å². The van der Waals surface area contributed by atoms with Gasteiger partial charge < -0.3 is 16.2 Å². The summed E-state index contributed by atoms with van der Waals surface area (Å²) in [5.41, 5.74) is 4.86. The van der Waals surface area contributed by atoms with Gasteiger partial charge in [-0.2, -0.15) is 0 Å². The van der Waals surface area contributed by atoms with Crippen molar-refractivity contribution >= 4 is 46.5 Å². The molecule has 0 fully saturated rings. The lowest BCUT2D eigenvalue weighted by Gasteiger charge is -2.10. The number of nitrogens with two attached hydrogens (primary N) is 1. The Kier molecular flexibility index (Phi) is 4.61. The van der Waals surface area contributed by atoms with Crippen molar-refractivity contribution in [3.8, 4) is 0 Å². The van der Waals surface area contributed by atoms with Crippen LogP contribution in [-0.2, 0) is 4.79 Å². The SMILES string of the molecule is NC(=O)C(O)CNc1nc(Cl)c(Cl)cc1Cl. The van der Waals surface area contributed by atoms with E-state index in [1.54, 1.807) is 0 Å². The summed E-state index contributed by atoms with van der Waals surface area (Å²) in [5, 5.41) is 12.3. The Morgan fingerprint density at radius 1 is 1.50 bits per heavy atom. The number of carbonyl (C=O) groups is 1. The molecule has 0 aromatic carbocycles. The van der Waals surface area contributed by atoms with E-state index in [1.165, 1.54) is 6.07 Å². The van der Waals surface area contributed by atoms with Crippen LogP contribution in [-0.4, -0.2) is 28.6 Å². The van der Waals surface area contributed by atoms with Crippen LogP contribution in [0.25, 0.3) is 0 Å². The Hall–Kier alpha value is -0.750. The second-order valence-corrected chi connectivity index (χ2v) is 4.06. The van der Waals surface area contributed by atoms with Gasteiger partial charge in [0.25, 0.3) is 0 Å². The third kappa shape index (κ3) is 3.38. The summed E-state index contributed by atoms with van der Waals surface area (Å²) in [6.07, 6.45) is -1.33. The van der Waals surface area contributed by atoms with Crippen LogP contribution in [0.3, 0.4) is 0 Å². The third-order valence-electron chi connectivity index (χ3n) is 1.68. The molecule has 0 aliphatic carbocycles. The molecule has 5 nitrogen and oxygen atoms in total. The Morgan fingerprint density at radius 2 is 2.12 bits per heavy atom. The van der Waals surface area contributed by atoms with Gasteiger partial charge in [0, 0.05) is 0 Å². The predicted octanol–water partition coefficient (Wildman–Crippen LogP) is 1.30. The van der Waals surface area contributed by atoms with Gasteiger partial charge in [-0.15, -0.1) is 0 Å². The van der Waals surface area contributed by atoms with Crippen molar-refractivity contribution in [1.29, 1.82) is 0 Å². The first-order valence-electron chi connectivity index (χ1n) is 4.14. The first-order chi connectivity index (χ1) is 7.41. The second kappa shape index (κ2) is 5.54. The van der Waals surface area contributed by atoms with Crippen LogP contribution in [0.15, 0.2) is 6.07 Å². The molecule has 8 heteroatoms. The molecular weight excluding hydrogens is 276 g/mol. The van der Waals surface area contributed by atoms with Crippen molar-refractivity contribution in [2.45, 2.75) is 6.10 Å². The zero-order chi connectivity index (χ0) is 12.3. The fourth-order valence-electron chi connectivity index (χ4n) is 0.862.